The third kappa shape index (κ3) is 4.97. The van der Waals surface area contributed by atoms with E-state index >= 15 is 0 Å². The highest BCUT2D eigenvalue weighted by atomic mass is 16.5. The van der Waals surface area contributed by atoms with Crippen LogP contribution in [0.3, 0.4) is 0 Å². The van der Waals surface area contributed by atoms with Gasteiger partial charge in [0.25, 0.3) is 0 Å². The fourth-order valence-electron chi connectivity index (χ4n) is 5.77. The van der Waals surface area contributed by atoms with Crippen LogP contribution in [0.1, 0.15) is 56.6 Å². The number of fused-ring (bicyclic) bond motifs is 3. The molecule has 0 spiro atoms. The third-order valence-electron chi connectivity index (χ3n) is 7.57. The van der Waals surface area contributed by atoms with Crippen molar-refractivity contribution in [3.8, 4) is 22.6 Å². The van der Waals surface area contributed by atoms with Crippen LogP contribution in [0.2, 0.25) is 0 Å². The monoisotopic (exact) mass is 474 g/mol. The molecule has 5 nitrogen and oxygen atoms in total. The van der Waals surface area contributed by atoms with Crippen molar-refractivity contribution in [2.75, 3.05) is 33.4 Å². The lowest BCUT2D eigenvalue weighted by Crippen LogP contribution is -2.31. The first-order chi connectivity index (χ1) is 17.2. The molecule has 1 aliphatic carbocycles. The number of pyridine rings is 1. The van der Waals surface area contributed by atoms with E-state index in [1.807, 2.05) is 24.3 Å². The average Bonchev–Trinajstić information content (AvgIpc) is 3.37. The molecule has 2 aromatic carbocycles. The summed E-state index contributed by atoms with van der Waals surface area (Å²) in [6.45, 7) is 7.18. The van der Waals surface area contributed by atoms with Crippen molar-refractivity contribution in [1.82, 2.24) is 9.47 Å². The van der Waals surface area contributed by atoms with E-state index in [1.54, 1.807) is 7.11 Å². The van der Waals surface area contributed by atoms with Gasteiger partial charge in [0.05, 0.1) is 24.6 Å². The first kappa shape index (κ1) is 23.9. The summed E-state index contributed by atoms with van der Waals surface area (Å²) in [6.07, 6.45) is 11.1. The Bertz CT molecular complexity index is 1220. The Morgan fingerprint density at radius 1 is 0.971 bits per heavy atom. The number of aryl methyl sites for hydroxylation is 3. The number of likely N-dealkylation sites (tertiary alicyclic amines) is 1. The maximum absolute atomic E-state index is 14.0. The van der Waals surface area contributed by atoms with Crippen LogP contribution in [0.5, 0.6) is 11.5 Å². The number of ether oxygens (including phenoxy) is 2. The molecule has 186 valence electrons. The summed E-state index contributed by atoms with van der Waals surface area (Å²) in [5.41, 5.74) is 5.33. The topological polar surface area (TPSA) is 43.7 Å². The highest BCUT2D eigenvalue weighted by Gasteiger charge is 2.24. The van der Waals surface area contributed by atoms with Gasteiger partial charge in [0.15, 0.2) is 5.43 Å². The third-order valence-corrected chi connectivity index (χ3v) is 7.57. The second-order valence-corrected chi connectivity index (χ2v) is 9.99. The van der Waals surface area contributed by atoms with Crippen LogP contribution in [0.15, 0.2) is 41.3 Å². The van der Waals surface area contributed by atoms with Gasteiger partial charge in [0.1, 0.15) is 11.5 Å². The molecule has 0 saturated carbocycles. The molecule has 0 N–H and O–H groups in total. The normalized spacial score (nSPS) is 15.9. The summed E-state index contributed by atoms with van der Waals surface area (Å²) in [5.74, 6) is 1.67. The number of nitrogens with zero attached hydrogens (tertiary/aromatic N) is 2. The van der Waals surface area contributed by atoms with Crippen LogP contribution in [-0.2, 0) is 19.4 Å². The molecule has 0 unspecified atom stereocenters. The minimum atomic E-state index is 0.123. The van der Waals surface area contributed by atoms with Gasteiger partial charge in [-0.15, -0.1) is 0 Å². The van der Waals surface area contributed by atoms with E-state index in [2.05, 4.69) is 28.7 Å². The van der Waals surface area contributed by atoms with Crippen molar-refractivity contribution < 1.29 is 9.47 Å². The molecule has 5 rings (SSSR count). The summed E-state index contributed by atoms with van der Waals surface area (Å²) in [6, 6.07) is 10.1. The maximum Gasteiger partial charge on any atom is 0.197 e. The molecule has 2 heterocycles. The number of hydrogen-bond donors (Lipinski definition) is 0. The largest absolute Gasteiger partial charge is 0.497 e. The van der Waals surface area contributed by atoms with E-state index in [1.165, 1.54) is 43.5 Å². The van der Waals surface area contributed by atoms with Gasteiger partial charge in [-0.2, -0.15) is 0 Å². The zero-order valence-electron chi connectivity index (χ0n) is 21.3. The van der Waals surface area contributed by atoms with E-state index in [4.69, 9.17) is 9.47 Å². The van der Waals surface area contributed by atoms with Gasteiger partial charge in [0.2, 0.25) is 0 Å². The van der Waals surface area contributed by atoms with E-state index in [9.17, 15) is 4.79 Å². The molecule has 0 amide bonds. The molecule has 3 aromatic rings. The molecule has 0 bridgehead atoms. The Morgan fingerprint density at radius 2 is 1.77 bits per heavy atom. The summed E-state index contributed by atoms with van der Waals surface area (Å²) in [7, 11) is 1.67. The predicted molar refractivity (Wildman–Crippen MR) is 143 cm³/mol. The van der Waals surface area contributed by atoms with Gasteiger partial charge in [-0.3, -0.25) is 4.79 Å². The molecule has 1 saturated heterocycles. The molecular formula is C30H38N2O3. The molecule has 0 atom stereocenters. The van der Waals surface area contributed by atoms with E-state index in [0.717, 1.165) is 78.7 Å². The zero-order chi connectivity index (χ0) is 24.2. The molecule has 5 heteroatoms. The molecule has 0 radical (unpaired) electrons. The van der Waals surface area contributed by atoms with Gasteiger partial charge in [0, 0.05) is 18.3 Å². The smallest absolute Gasteiger partial charge is 0.197 e. The molecule has 1 fully saturated rings. The lowest BCUT2D eigenvalue weighted by Gasteiger charge is -2.27. The Hall–Kier alpha value is -2.79. The van der Waals surface area contributed by atoms with Crippen LogP contribution >= 0.6 is 0 Å². The van der Waals surface area contributed by atoms with Gasteiger partial charge in [-0.25, -0.2) is 0 Å². The fraction of sp³-hybridized carbons (Fsp3) is 0.500. The predicted octanol–water partition coefficient (Wildman–Crippen LogP) is 5.83. The number of methoxy groups -OCH3 is 1. The van der Waals surface area contributed by atoms with Crippen molar-refractivity contribution in [1.29, 1.82) is 0 Å². The Balaban J connectivity index is 1.62. The van der Waals surface area contributed by atoms with E-state index < -0.39 is 0 Å². The first-order valence-electron chi connectivity index (χ1n) is 13.4. The van der Waals surface area contributed by atoms with Crippen molar-refractivity contribution in [3.05, 3.63) is 57.9 Å². The van der Waals surface area contributed by atoms with Gasteiger partial charge < -0.3 is 18.9 Å². The van der Waals surface area contributed by atoms with Crippen LogP contribution in [0, 0.1) is 0 Å². The van der Waals surface area contributed by atoms with Crippen LogP contribution in [0.4, 0.5) is 0 Å². The first-order valence-corrected chi connectivity index (χ1v) is 13.4. The molecule has 1 aliphatic heterocycles. The highest BCUT2D eigenvalue weighted by molar-refractivity contribution is 5.92. The molecule has 1 aromatic heterocycles. The number of piperidine rings is 1. The summed E-state index contributed by atoms with van der Waals surface area (Å²) in [4.78, 5) is 16.6. The van der Waals surface area contributed by atoms with Crippen molar-refractivity contribution >= 4 is 10.9 Å². The average molecular weight is 475 g/mol. The van der Waals surface area contributed by atoms with Gasteiger partial charge >= 0.3 is 0 Å². The van der Waals surface area contributed by atoms with Crippen molar-refractivity contribution in [3.63, 3.8) is 0 Å². The van der Waals surface area contributed by atoms with Crippen LogP contribution in [0.25, 0.3) is 22.0 Å². The van der Waals surface area contributed by atoms with Gasteiger partial charge in [-0.1, -0.05) is 25.5 Å². The van der Waals surface area contributed by atoms with Crippen molar-refractivity contribution in [2.45, 2.75) is 64.8 Å². The van der Waals surface area contributed by atoms with Gasteiger partial charge in [-0.05, 0) is 99.5 Å². The zero-order valence-corrected chi connectivity index (χ0v) is 21.3. The fourth-order valence-corrected chi connectivity index (χ4v) is 5.77. The standard InChI is InChI=1S/C30H38N2O3/c1-3-19-35-27-20-23-9-7-10-25(23)28-29(27)32(18-8-17-31-15-5-4-6-16-31)21-26(30(28)33)22-11-13-24(34-2)14-12-22/h11-14,20-21H,3-10,15-19H2,1-2H3. The second kappa shape index (κ2) is 10.9. The molecule has 2 aliphatic rings. The maximum atomic E-state index is 14.0. The summed E-state index contributed by atoms with van der Waals surface area (Å²) >= 11 is 0. The SMILES string of the molecule is CCCOc1cc2c(c3c(=O)c(-c4ccc(OC)cc4)cn(CCCN4CCCCC4)c13)CCC2. The number of benzene rings is 2. The number of aromatic nitrogens is 1. The number of hydrogen-bond acceptors (Lipinski definition) is 4. The summed E-state index contributed by atoms with van der Waals surface area (Å²) < 4.78 is 13.9. The molecule has 35 heavy (non-hydrogen) atoms. The minimum absolute atomic E-state index is 0.123. The summed E-state index contributed by atoms with van der Waals surface area (Å²) in [5, 5.41) is 0.873. The minimum Gasteiger partial charge on any atom is -0.497 e. The second-order valence-electron chi connectivity index (χ2n) is 9.99. The lowest BCUT2D eigenvalue weighted by atomic mass is 9.98. The van der Waals surface area contributed by atoms with Crippen molar-refractivity contribution in [2.24, 2.45) is 0 Å². The lowest BCUT2D eigenvalue weighted by molar-refractivity contribution is 0.223. The van der Waals surface area contributed by atoms with E-state index in [-0.39, 0.29) is 5.43 Å². The Morgan fingerprint density at radius 3 is 2.51 bits per heavy atom. The quantitative estimate of drug-likeness (QED) is 0.391. The molecular weight excluding hydrogens is 436 g/mol. The van der Waals surface area contributed by atoms with E-state index in [0.29, 0.717) is 6.61 Å². The highest BCUT2D eigenvalue weighted by Crippen LogP contribution is 2.36. The number of rotatable bonds is 9. The van der Waals surface area contributed by atoms with Crippen LogP contribution in [-0.4, -0.2) is 42.8 Å². The Labute approximate surface area is 208 Å². The Kier molecular flexibility index (Phi) is 7.43. The van der Waals surface area contributed by atoms with Crippen LogP contribution < -0.4 is 14.9 Å².